The largest absolute Gasteiger partial charge is 0.507 e. The summed E-state index contributed by atoms with van der Waals surface area (Å²) in [6, 6.07) is 4.47. The maximum Gasteiger partial charge on any atom is 0.123 e. The third-order valence-corrected chi connectivity index (χ3v) is 3.22. The van der Waals surface area contributed by atoms with Gasteiger partial charge in [0.25, 0.3) is 0 Å². The van der Waals surface area contributed by atoms with E-state index in [1.54, 1.807) is 0 Å². The van der Waals surface area contributed by atoms with Crippen LogP contribution in [0.25, 0.3) is 0 Å². The van der Waals surface area contributed by atoms with E-state index in [9.17, 15) is 5.11 Å². The summed E-state index contributed by atoms with van der Waals surface area (Å²) in [4.78, 5) is 0. The van der Waals surface area contributed by atoms with Gasteiger partial charge in [0.15, 0.2) is 0 Å². The Morgan fingerprint density at radius 1 is 1.25 bits per heavy atom. The summed E-state index contributed by atoms with van der Waals surface area (Å²) in [5, 5.41) is 13.4. The van der Waals surface area contributed by atoms with Gasteiger partial charge in [-0.2, -0.15) is 0 Å². The lowest BCUT2D eigenvalue weighted by Gasteiger charge is -2.23. The second-order valence-electron chi connectivity index (χ2n) is 4.81. The zero-order chi connectivity index (χ0) is 12.3. The highest BCUT2D eigenvalue weighted by atomic mass is 16.3. The van der Waals surface area contributed by atoms with Gasteiger partial charge in [-0.25, -0.2) is 0 Å². The van der Waals surface area contributed by atoms with Crippen LogP contribution >= 0.6 is 0 Å². The van der Waals surface area contributed by atoms with E-state index in [1.165, 1.54) is 0 Å². The van der Waals surface area contributed by atoms with Gasteiger partial charge in [-0.15, -0.1) is 0 Å². The number of anilines is 1. The molecule has 2 nitrogen and oxygen atoms in total. The molecule has 1 rings (SSSR count). The molecule has 0 saturated carbocycles. The molecule has 0 amide bonds. The van der Waals surface area contributed by atoms with E-state index < -0.39 is 0 Å². The Bertz CT molecular complexity index is 358. The molecule has 0 aliphatic heterocycles. The van der Waals surface area contributed by atoms with Crippen LogP contribution in [-0.2, 0) is 0 Å². The fourth-order valence-corrected chi connectivity index (χ4v) is 1.93. The van der Waals surface area contributed by atoms with Gasteiger partial charge in [0.05, 0.1) is 0 Å². The zero-order valence-electron chi connectivity index (χ0n) is 11.0. The summed E-state index contributed by atoms with van der Waals surface area (Å²) in [7, 11) is 0. The third kappa shape index (κ3) is 2.69. The molecule has 0 bridgehead atoms. The molecule has 0 heterocycles. The average molecular weight is 221 g/mol. The van der Waals surface area contributed by atoms with E-state index in [4.69, 9.17) is 0 Å². The second-order valence-corrected chi connectivity index (χ2v) is 4.81. The van der Waals surface area contributed by atoms with E-state index in [0.717, 1.165) is 23.2 Å². The van der Waals surface area contributed by atoms with Crippen LogP contribution in [0, 0.1) is 19.8 Å². The molecule has 0 aromatic heterocycles. The zero-order valence-corrected chi connectivity index (χ0v) is 11.0. The molecule has 90 valence electrons. The van der Waals surface area contributed by atoms with Crippen molar-refractivity contribution in [2.24, 2.45) is 5.92 Å². The molecule has 1 atom stereocenters. The predicted octanol–water partition coefficient (Wildman–Crippen LogP) is 3.86. The molecule has 0 fully saturated rings. The number of nitrogens with one attached hydrogen (secondary N) is 1. The summed E-state index contributed by atoms with van der Waals surface area (Å²) in [6.45, 7) is 10.5. The Labute approximate surface area is 98.7 Å². The first-order valence-corrected chi connectivity index (χ1v) is 6.03. The van der Waals surface area contributed by atoms with Crippen LogP contribution in [0.5, 0.6) is 5.75 Å². The molecule has 1 aromatic rings. The van der Waals surface area contributed by atoms with Crippen LogP contribution in [0.15, 0.2) is 12.1 Å². The van der Waals surface area contributed by atoms with Crippen molar-refractivity contribution >= 4 is 5.69 Å². The smallest absolute Gasteiger partial charge is 0.123 e. The number of phenols is 1. The van der Waals surface area contributed by atoms with Crippen molar-refractivity contribution in [2.75, 3.05) is 5.32 Å². The first-order chi connectivity index (χ1) is 7.47. The molecular weight excluding hydrogens is 198 g/mol. The van der Waals surface area contributed by atoms with Gasteiger partial charge >= 0.3 is 0 Å². The molecule has 1 aromatic carbocycles. The molecule has 2 N–H and O–H groups in total. The van der Waals surface area contributed by atoms with Gasteiger partial charge in [0.2, 0.25) is 0 Å². The lowest BCUT2D eigenvalue weighted by atomic mass is 10.0. The number of aryl methyl sites for hydroxylation is 1. The summed E-state index contributed by atoms with van der Waals surface area (Å²) in [5.41, 5.74) is 2.92. The van der Waals surface area contributed by atoms with Gasteiger partial charge in [-0.1, -0.05) is 26.8 Å². The van der Waals surface area contributed by atoms with Gasteiger partial charge in [0.1, 0.15) is 5.75 Å². The second kappa shape index (κ2) is 5.24. The highest BCUT2D eigenvalue weighted by Crippen LogP contribution is 2.29. The number of phenolic OH excluding ortho intramolecular Hbond substituents is 1. The van der Waals surface area contributed by atoms with Crippen LogP contribution in [0.3, 0.4) is 0 Å². The molecule has 0 aliphatic carbocycles. The van der Waals surface area contributed by atoms with Crippen LogP contribution < -0.4 is 5.32 Å². The van der Waals surface area contributed by atoms with Gasteiger partial charge < -0.3 is 10.4 Å². The van der Waals surface area contributed by atoms with E-state index in [-0.39, 0.29) is 0 Å². The molecular formula is C14H23NO. The Hall–Kier alpha value is -1.18. The third-order valence-electron chi connectivity index (χ3n) is 3.22. The highest BCUT2D eigenvalue weighted by molar-refractivity contribution is 5.59. The monoisotopic (exact) mass is 221 g/mol. The molecule has 0 radical (unpaired) electrons. The van der Waals surface area contributed by atoms with Crippen LogP contribution in [0.1, 0.15) is 38.3 Å². The number of aromatic hydroxyl groups is 1. The van der Waals surface area contributed by atoms with Crippen molar-refractivity contribution in [1.29, 1.82) is 0 Å². The van der Waals surface area contributed by atoms with Gasteiger partial charge in [-0.3, -0.25) is 0 Å². The van der Waals surface area contributed by atoms with Crippen molar-refractivity contribution in [1.82, 2.24) is 0 Å². The Morgan fingerprint density at radius 2 is 1.88 bits per heavy atom. The highest BCUT2D eigenvalue weighted by Gasteiger charge is 2.13. The predicted molar refractivity (Wildman–Crippen MR) is 70.1 cm³/mol. The topological polar surface area (TPSA) is 32.3 Å². The van der Waals surface area contributed by atoms with Gasteiger partial charge in [0, 0.05) is 17.3 Å². The number of rotatable bonds is 4. The van der Waals surface area contributed by atoms with Crippen molar-refractivity contribution in [2.45, 2.75) is 47.1 Å². The summed E-state index contributed by atoms with van der Waals surface area (Å²) in [5.74, 6) is 0.997. The minimum Gasteiger partial charge on any atom is -0.507 e. The number of hydrogen-bond acceptors (Lipinski definition) is 2. The van der Waals surface area contributed by atoms with Crippen LogP contribution in [0.4, 0.5) is 5.69 Å². The Balaban J connectivity index is 2.93. The fraction of sp³-hybridized carbons (Fsp3) is 0.571. The van der Waals surface area contributed by atoms with Crippen LogP contribution in [0.2, 0.25) is 0 Å². The molecule has 16 heavy (non-hydrogen) atoms. The first kappa shape index (κ1) is 12.9. The first-order valence-electron chi connectivity index (χ1n) is 6.03. The molecule has 1 unspecified atom stereocenters. The fourth-order valence-electron chi connectivity index (χ4n) is 1.93. The standard InChI is InChI=1S/C14H23NO/c1-6-12(9(2)3)15-13-8-7-10(4)14(16)11(13)5/h7-9,12,15-16H,6H2,1-5H3. The molecule has 2 heteroatoms. The molecule has 0 aliphatic rings. The van der Waals surface area contributed by atoms with E-state index in [0.29, 0.717) is 17.7 Å². The van der Waals surface area contributed by atoms with Crippen molar-refractivity contribution in [3.63, 3.8) is 0 Å². The van der Waals surface area contributed by atoms with E-state index >= 15 is 0 Å². The molecule has 0 spiro atoms. The Kier molecular flexibility index (Phi) is 4.22. The minimum absolute atomic E-state index is 0.406. The molecule has 0 saturated heterocycles. The lowest BCUT2D eigenvalue weighted by molar-refractivity contribution is 0.466. The minimum atomic E-state index is 0.406. The summed E-state index contributed by atoms with van der Waals surface area (Å²) in [6.07, 6.45) is 1.09. The SMILES string of the molecule is CCC(Nc1ccc(C)c(O)c1C)C(C)C. The maximum atomic E-state index is 9.87. The van der Waals surface area contributed by atoms with Crippen LogP contribution in [-0.4, -0.2) is 11.1 Å². The maximum absolute atomic E-state index is 9.87. The lowest BCUT2D eigenvalue weighted by Crippen LogP contribution is -2.24. The van der Waals surface area contributed by atoms with E-state index in [1.807, 2.05) is 19.9 Å². The number of benzene rings is 1. The number of hydrogen-bond donors (Lipinski definition) is 2. The summed E-state index contributed by atoms with van der Waals surface area (Å²) >= 11 is 0. The normalized spacial score (nSPS) is 12.9. The van der Waals surface area contributed by atoms with Crippen molar-refractivity contribution < 1.29 is 5.11 Å². The van der Waals surface area contributed by atoms with E-state index in [2.05, 4.69) is 32.2 Å². The summed E-state index contributed by atoms with van der Waals surface area (Å²) < 4.78 is 0. The average Bonchev–Trinajstić information content (AvgIpc) is 2.25. The Morgan fingerprint density at radius 3 is 2.38 bits per heavy atom. The van der Waals surface area contributed by atoms with Crippen molar-refractivity contribution in [3.8, 4) is 5.75 Å². The quantitative estimate of drug-likeness (QED) is 0.809. The van der Waals surface area contributed by atoms with Crippen molar-refractivity contribution in [3.05, 3.63) is 23.3 Å². The van der Waals surface area contributed by atoms with Gasteiger partial charge in [-0.05, 0) is 37.8 Å².